The summed E-state index contributed by atoms with van der Waals surface area (Å²) in [5.74, 6) is -0.436. The minimum Gasteiger partial charge on any atom is -0.349 e. The normalized spacial score (nSPS) is 18.3. The molecule has 0 aromatic heterocycles. The highest BCUT2D eigenvalue weighted by molar-refractivity contribution is 7.93. The molecule has 130 valence electrons. The van der Waals surface area contributed by atoms with Crippen LogP contribution in [-0.2, 0) is 21.2 Å². The van der Waals surface area contributed by atoms with Crippen molar-refractivity contribution in [2.45, 2.75) is 19.4 Å². The number of amides is 1. The second kappa shape index (κ2) is 7.70. The summed E-state index contributed by atoms with van der Waals surface area (Å²) in [6, 6.07) is 5.29. The number of nitrogens with two attached hydrogens (primary N) is 1. The minimum atomic E-state index is -3.69. The van der Waals surface area contributed by atoms with E-state index in [1.165, 1.54) is 6.08 Å². The number of allylic oxidation sites excluding steroid dienone is 3. The Hall–Kier alpha value is -1.34. The first kappa shape index (κ1) is 19.0. The molecule has 0 aliphatic heterocycles. The highest BCUT2D eigenvalue weighted by Gasteiger charge is 2.18. The summed E-state index contributed by atoms with van der Waals surface area (Å²) in [5, 5.41) is 8.44. The van der Waals surface area contributed by atoms with Crippen LogP contribution in [0.1, 0.15) is 24.1 Å². The molecular formula is C16H18Cl2N2O3S. The Labute approximate surface area is 151 Å². The van der Waals surface area contributed by atoms with Crippen molar-refractivity contribution in [3.05, 3.63) is 57.5 Å². The standard InChI is InChI=1S/C16H18Cl2N2O3S/c1-10(20-16(21)9-17)13-5-12(6-14(18)8-13)4-11-2-3-15(7-11)24(19,22)23/h2-3,5-8,10-11H,4,9H2,1H3,(H,20,21)(H2,19,22,23). The van der Waals surface area contributed by atoms with Crippen LogP contribution in [0, 0.1) is 5.92 Å². The van der Waals surface area contributed by atoms with Crippen molar-refractivity contribution in [2.75, 3.05) is 5.88 Å². The van der Waals surface area contributed by atoms with Crippen molar-refractivity contribution in [1.29, 1.82) is 0 Å². The van der Waals surface area contributed by atoms with Crippen molar-refractivity contribution in [3.63, 3.8) is 0 Å². The molecule has 0 heterocycles. The van der Waals surface area contributed by atoms with Gasteiger partial charge in [-0.15, -0.1) is 11.6 Å². The van der Waals surface area contributed by atoms with Crippen LogP contribution in [-0.4, -0.2) is 20.2 Å². The number of halogens is 2. The van der Waals surface area contributed by atoms with Crippen LogP contribution in [0.4, 0.5) is 0 Å². The van der Waals surface area contributed by atoms with Crippen LogP contribution in [0.5, 0.6) is 0 Å². The summed E-state index contributed by atoms with van der Waals surface area (Å²) in [6.45, 7) is 1.84. The Morgan fingerprint density at radius 1 is 1.38 bits per heavy atom. The SMILES string of the molecule is CC(NC(=O)CCl)c1cc(Cl)cc(CC2C=CC(S(N)(=O)=O)=C2)c1. The van der Waals surface area contributed by atoms with Crippen molar-refractivity contribution in [2.24, 2.45) is 11.1 Å². The van der Waals surface area contributed by atoms with Crippen LogP contribution >= 0.6 is 23.2 Å². The summed E-state index contributed by atoms with van der Waals surface area (Å²) in [5.41, 5.74) is 1.79. The van der Waals surface area contributed by atoms with Crippen LogP contribution in [0.2, 0.25) is 5.02 Å². The zero-order valence-corrected chi connectivity index (χ0v) is 15.3. The number of hydrogen-bond acceptors (Lipinski definition) is 3. The first-order chi connectivity index (χ1) is 11.2. The van der Waals surface area contributed by atoms with Crippen molar-refractivity contribution < 1.29 is 13.2 Å². The van der Waals surface area contributed by atoms with Gasteiger partial charge in [-0.3, -0.25) is 4.79 Å². The molecule has 0 bridgehead atoms. The molecule has 0 spiro atoms. The average Bonchev–Trinajstić information content (AvgIpc) is 2.95. The van der Waals surface area contributed by atoms with E-state index in [0.29, 0.717) is 11.4 Å². The summed E-state index contributed by atoms with van der Waals surface area (Å²) in [6.07, 6.45) is 5.50. The van der Waals surface area contributed by atoms with E-state index >= 15 is 0 Å². The third-order valence-electron chi connectivity index (χ3n) is 3.66. The molecule has 2 rings (SSSR count). The lowest BCUT2D eigenvalue weighted by molar-refractivity contribution is -0.119. The van der Waals surface area contributed by atoms with Gasteiger partial charge in [-0.2, -0.15) is 0 Å². The fourth-order valence-corrected chi connectivity index (χ4v) is 3.51. The predicted molar refractivity (Wildman–Crippen MR) is 96.3 cm³/mol. The Bertz CT molecular complexity index is 804. The number of sulfonamides is 1. The largest absolute Gasteiger partial charge is 0.349 e. The molecule has 1 aromatic carbocycles. The van der Waals surface area contributed by atoms with E-state index in [0.717, 1.165) is 11.1 Å². The molecule has 0 fully saturated rings. The molecular weight excluding hydrogens is 371 g/mol. The van der Waals surface area contributed by atoms with Gasteiger partial charge in [0.25, 0.3) is 0 Å². The number of rotatable bonds is 6. The lowest BCUT2D eigenvalue weighted by Crippen LogP contribution is -2.27. The highest BCUT2D eigenvalue weighted by Crippen LogP contribution is 2.26. The highest BCUT2D eigenvalue weighted by atomic mass is 35.5. The van der Waals surface area contributed by atoms with Gasteiger partial charge in [0.2, 0.25) is 15.9 Å². The Balaban J connectivity index is 2.16. The van der Waals surface area contributed by atoms with E-state index < -0.39 is 10.0 Å². The molecule has 24 heavy (non-hydrogen) atoms. The van der Waals surface area contributed by atoms with Gasteiger partial charge in [0.05, 0.1) is 10.9 Å². The quantitative estimate of drug-likeness (QED) is 0.733. The molecule has 1 aromatic rings. The maximum atomic E-state index is 11.4. The molecule has 3 N–H and O–H groups in total. The van der Waals surface area contributed by atoms with Gasteiger partial charge in [0.15, 0.2) is 0 Å². The zero-order chi connectivity index (χ0) is 17.9. The van der Waals surface area contributed by atoms with E-state index in [1.807, 2.05) is 19.1 Å². The van der Waals surface area contributed by atoms with Gasteiger partial charge in [0.1, 0.15) is 5.88 Å². The van der Waals surface area contributed by atoms with Gasteiger partial charge >= 0.3 is 0 Å². The number of primary sulfonamides is 1. The maximum absolute atomic E-state index is 11.4. The zero-order valence-electron chi connectivity index (χ0n) is 13.0. The van der Waals surface area contributed by atoms with Gasteiger partial charge in [-0.05, 0) is 42.7 Å². The summed E-state index contributed by atoms with van der Waals surface area (Å²) < 4.78 is 22.7. The second-order valence-electron chi connectivity index (χ2n) is 5.66. The van der Waals surface area contributed by atoms with Crippen LogP contribution in [0.3, 0.4) is 0 Å². The second-order valence-corrected chi connectivity index (χ2v) is 7.92. The molecule has 0 saturated heterocycles. The van der Waals surface area contributed by atoms with E-state index in [1.54, 1.807) is 18.2 Å². The number of alkyl halides is 1. The fraction of sp³-hybridized carbons (Fsp3) is 0.312. The third kappa shape index (κ3) is 5.08. The van der Waals surface area contributed by atoms with Crippen molar-refractivity contribution in [1.82, 2.24) is 5.32 Å². The van der Waals surface area contributed by atoms with Gasteiger partial charge < -0.3 is 5.32 Å². The van der Waals surface area contributed by atoms with E-state index in [2.05, 4.69) is 5.32 Å². The molecule has 0 saturated carbocycles. The smallest absolute Gasteiger partial charge is 0.237 e. The van der Waals surface area contributed by atoms with Gasteiger partial charge in [0, 0.05) is 10.9 Å². The minimum absolute atomic E-state index is 0.0719. The number of carbonyl (C=O) groups excluding carboxylic acids is 1. The summed E-state index contributed by atoms with van der Waals surface area (Å²) in [4.78, 5) is 11.5. The first-order valence-electron chi connectivity index (χ1n) is 7.26. The Morgan fingerprint density at radius 3 is 2.67 bits per heavy atom. The Morgan fingerprint density at radius 2 is 2.08 bits per heavy atom. The van der Waals surface area contributed by atoms with E-state index in [4.69, 9.17) is 28.3 Å². The maximum Gasteiger partial charge on any atom is 0.237 e. The van der Waals surface area contributed by atoms with Gasteiger partial charge in [-0.1, -0.05) is 29.8 Å². The lowest BCUT2D eigenvalue weighted by Gasteiger charge is -2.16. The molecule has 2 atom stereocenters. The van der Waals surface area contributed by atoms with Crippen molar-refractivity contribution in [3.8, 4) is 0 Å². The molecule has 1 amide bonds. The van der Waals surface area contributed by atoms with E-state index in [-0.39, 0.29) is 28.7 Å². The predicted octanol–water partition coefficient (Wildman–Crippen LogP) is 2.66. The Kier molecular flexibility index (Phi) is 6.09. The number of nitrogens with one attached hydrogen (secondary N) is 1. The molecule has 2 unspecified atom stereocenters. The summed E-state index contributed by atoms with van der Waals surface area (Å²) >= 11 is 11.7. The number of carbonyl (C=O) groups is 1. The molecule has 0 radical (unpaired) electrons. The molecule has 1 aliphatic carbocycles. The van der Waals surface area contributed by atoms with E-state index in [9.17, 15) is 13.2 Å². The fourth-order valence-electron chi connectivity index (χ4n) is 2.54. The van der Waals surface area contributed by atoms with Crippen LogP contribution < -0.4 is 10.5 Å². The molecule has 1 aliphatic rings. The first-order valence-corrected chi connectivity index (χ1v) is 9.72. The lowest BCUT2D eigenvalue weighted by atomic mass is 9.97. The summed E-state index contributed by atoms with van der Waals surface area (Å²) in [7, 11) is -3.69. The van der Waals surface area contributed by atoms with Crippen LogP contribution in [0.15, 0.2) is 41.3 Å². The van der Waals surface area contributed by atoms with Gasteiger partial charge in [-0.25, -0.2) is 13.6 Å². The van der Waals surface area contributed by atoms with Crippen molar-refractivity contribution >= 4 is 39.1 Å². The molecule has 8 heteroatoms. The monoisotopic (exact) mass is 388 g/mol. The number of hydrogen-bond donors (Lipinski definition) is 2. The topological polar surface area (TPSA) is 89.3 Å². The average molecular weight is 389 g/mol. The molecule has 5 nitrogen and oxygen atoms in total. The number of benzene rings is 1. The van der Waals surface area contributed by atoms with Crippen LogP contribution in [0.25, 0.3) is 0 Å². The third-order valence-corrected chi connectivity index (χ3v) is 5.05.